The van der Waals surface area contributed by atoms with Crippen LogP contribution in [0, 0.1) is 12.8 Å². The van der Waals surface area contributed by atoms with Crippen LogP contribution < -0.4 is 5.73 Å². The highest BCUT2D eigenvalue weighted by Crippen LogP contribution is 2.11. The molecule has 0 heterocycles. The summed E-state index contributed by atoms with van der Waals surface area (Å²) in [7, 11) is 0. The van der Waals surface area contributed by atoms with Gasteiger partial charge in [-0.1, -0.05) is 43.7 Å². The molecule has 0 aliphatic carbocycles. The van der Waals surface area contributed by atoms with Crippen LogP contribution in [0.25, 0.3) is 0 Å². The summed E-state index contributed by atoms with van der Waals surface area (Å²) in [6.07, 6.45) is 0.739. The summed E-state index contributed by atoms with van der Waals surface area (Å²) in [5.41, 5.74) is 8.36. The number of hydrogen-bond donors (Lipinski definition) is 1. The van der Waals surface area contributed by atoms with Crippen molar-refractivity contribution in [1.29, 1.82) is 0 Å². The summed E-state index contributed by atoms with van der Waals surface area (Å²) in [6.45, 7) is 9.57. The molecule has 0 aliphatic rings. The van der Waals surface area contributed by atoms with Gasteiger partial charge in [0.25, 0.3) is 0 Å². The van der Waals surface area contributed by atoms with E-state index < -0.39 is 0 Å². The van der Waals surface area contributed by atoms with E-state index >= 15 is 0 Å². The standard InChI is InChI=1S/C16H26N2O/c1-5-18(16(19)15(17)9-12(2)3)11-14-8-6-7-13(4)10-14/h6-8,10,12,15H,5,9,11,17H2,1-4H3. The van der Waals surface area contributed by atoms with Gasteiger partial charge in [-0.25, -0.2) is 0 Å². The number of nitrogens with two attached hydrogens (primary N) is 1. The zero-order valence-corrected chi connectivity index (χ0v) is 12.5. The molecular formula is C16H26N2O. The lowest BCUT2D eigenvalue weighted by molar-refractivity contribution is -0.133. The normalized spacial score (nSPS) is 12.5. The van der Waals surface area contributed by atoms with Gasteiger partial charge >= 0.3 is 0 Å². The zero-order chi connectivity index (χ0) is 14.4. The molecule has 0 spiro atoms. The molecule has 106 valence electrons. The van der Waals surface area contributed by atoms with E-state index in [4.69, 9.17) is 5.73 Å². The molecule has 0 saturated heterocycles. The van der Waals surface area contributed by atoms with E-state index in [1.807, 2.05) is 17.9 Å². The zero-order valence-electron chi connectivity index (χ0n) is 12.5. The molecule has 1 aromatic carbocycles. The fraction of sp³-hybridized carbons (Fsp3) is 0.562. The lowest BCUT2D eigenvalue weighted by atomic mass is 10.0. The predicted octanol–water partition coefficient (Wildman–Crippen LogP) is 2.72. The van der Waals surface area contributed by atoms with Gasteiger partial charge in [0.1, 0.15) is 0 Å². The molecule has 0 radical (unpaired) electrons. The van der Waals surface area contributed by atoms with E-state index in [9.17, 15) is 4.79 Å². The number of rotatable bonds is 6. The average molecular weight is 262 g/mol. The van der Waals surface area contributed by atoms with Gasteiger partial charge in [-0.3, -0.25) is 4.79 Å². The summed E-state index contributed by atoms with van der Waals surface area (Å²) >= 11 is 0. The Bertz CT molecular complexity index is 415. The number of aryl methyl sites for hydroxylation is 1. The van der Waals surface area contributed by atoms with Crippen LogP contribution in [0.4, 0.5) is 0 Å². The first-order chi connectivity index (χ1) is 8.93. The van der Waals surface area contributed by atoms with Crippen molar-refractivity contribution in [3.05, 3.63) is 35.4 Å². The van der Waals surface area contributed by atoms with E-state index in [2.05, 4.69) is 39.0 Å². The van der Waals surface area contributed by atoms with Crippen molar-refractivity contribution >= 4 is 5.91 Å². The Morgan fingerprint density at radius 1 is 1.37 bits per heavy atom. The molecule has 3 nitrogen and oxygen atoms in total. The van der Waals surface area contributed by atoms with Crippen LogP contribution in [0.1, 0.15) is 38.3 Å². The van der Waals surface area contributed by atoms with E-state index in [0.29, 0.717) is 19.0 Å². The quantitative estimate of drug-likeness (QED) is 0.857. The maximum absolute atomic E-state index is 12.3. The maximum Gasteiger partial charge on any atom is 0.239 e. The second-order valence-corrected chi connectivity index (χ2v) is 5.58. The Morgan fingerprint density at radius 2 is 2.05 bits per heavy atom. The summed E-state index contributed by atoms with van der Waals surface area (Å²) in [4.78, 5) is 14.1. The lowest BCUT2D eigenvalue weighted by Gasteiger charge is -2.25. The number of hydrogen-bond acceptors (Lipinski definition) is 2. The Morgan fingerprint density at radius 3 is 2.58 bits per heavy atom. The van der Waals surface area contributed by atoms with E-state index in [1.165, 1.54) is 5.56 Å². The molecule has 1 rings (SSSR count). The summed E-state index contributed by atoms with van der Waals surface area (Å²) in [5.74, 6) is 0.495. The first-order valence-electron chi connectivity index (χ1n) is 7.04. The molecule has 0 bridgehead atoms. The highest BCUT2D eigenvalue weighted by atomic mass is 16.2. The summed E-state index contributed by atoms with van der Waals surface area (Å²) in [5, 5.41) is 0. The number of carbonyl (C=O) groups excluding carboxylic acids is 1. The number of amides is 1. The van der Waals surface area contributed by atoms with Gasteiger partial charge in [-0.15, -0.1) is 0 Å². The van der Waals surface area contributed by atoms with Crippen molar-refractivity contribution in [2.75, 3.05) is 6.54 Å². The Labute approximate surface area is 116 Å². The van der Waals surface area contributed by atoms with Crippen LogP contribution in [-0.2, 0) is 11.3 Å². The highest BCUT2D eigenvalue weighted by Gasteiger charge is 2.20. The number of benzene rings is 1. The smallest absolute Gasteiger partial charge is 0.239 e. The largest absolute Gasteiger partial charge is 0.337 e. The average Bonchev–Trinajstić information content (AvgIpc) is 2.34. The molecule has 1 atom stereocenters. The SMILES string of the molecule is CCN(Cc1cccc(C)c1)C(=O)C(N)CC(C)C. The first-order valence-corrected chi connectivity index (χ1v) is 7.04. The second kappa shape index (κ2) is 7.29. The van der Waals surface area contributed by atoms with Crippen LogP contribution in [0.15, 0.2) is 24.3 Å². The van der Waals surface area contributed by atoms with Crippen LogP contribution >= 0.6 is 0 Å². The number of likely N-dealkylation sites (N-methyl/N-ethyl adjacent to an activating group) is 1. The van der Waals surface area contributed by atoms with Crippen molar-refractivity contribution in [2.45, 2.75) is 46.7 Å². The Kier molecular flexibility index (Phi) is 6.03. The van der Waals surface area contributed by atoms with E-state index in [0.717, 1.165) is 12.0 Å². The highest BCUT2D eigenvalue weighted by molar-refractivity contribution is 5.81. The molecule has 0 aliphatic heterocycles. The van der Waals surface area contributed by atoms with Gasteiger partial charge in [0, 0.05) is 13.1 Å². The summed E-state index contributed by atoms with van der Waals surface area (Å²) in [6, 6.07) is 7.87. The monoisotopic (exact) mass is 262 g/mol. The first kappa shape index (κ1) is 15.7. The van der Waals surface area contributed by atoms with Crippen molar-refractivity contribution in [3.8, 4) is 0 Å². The summed E-state index contributed by atoms with van der Waals surface area (Å²) < 4.78 is 0. The molecule has 1 unspecified atom stereocenters. The third-order valence-corrected chi connectivity index (χ3v) is 3.19. The predicted molar refractivity (Wildman–Crippen MR) is 79.7 cm³/mol. The Balaban J connectivity index is 2.70. The van der Waals surface area contributed by atoms with Gasteiger partial charge in [-0.2, -0.15) is 0 Å². The minimum atomic E-state index is -0.384. The number of nitrogens with zero attached hydrogens (tertiary/aromatic N) is 1. The molecule has 0 fully saturated rings. The molecule has 3 heteroatoms. The molecule has 0 saturated carbocycles. The molecule has 19 heavy (non-hydrogen) atoms. The van der Waals surface area contributed by atoms with Crippen molar-refractivity contribution in [3.63, 3.8) is 0 Å². The van der Waals surface area contributed by atoms with Crippen molar-refractivity contribution < 1.29 is 4.79 Å². The van der Waals surface area contributed by atoms with Crippen LogP contribution in [-0.4, -0.2) is 23.4 Å². The minimum absolute atomic E-state index is 0.0534. The van der Waals surface area contributed by atoms with Gasteiger partial charge in [0.2, 0.25) is 5.91 Å². The van der Waals surface area contributed by atoms with Gasteiger partial charge < -0.3 is 10.6 Å². The molecule has 0 aromatic heterocycles. The lowest BCUT2D eigenvalue weighted by Crippen LogP contribution is -2.43. The fourth-order valence-electron chi connectivity index (χ4n) is 2.22. The van der Waals surface area contributed by atoms with Gasteiger partial charge in [-0.05, 0) is 31.7 Å². The topological polar surface area (TPSA) is 46.3 Å². The molecule has 1 amide bonds. The molecular weight excluding hydrogens is 236 g/mol. The fourth-order valence-corrected chi connectivity index (χ4v) is 2.22. The van der Waals surface area contributed by atoms with Crippen LogP contribution in [0.5, 0.6) is 0 Å². The Hall–Kier alpha value is -1.35. The maximum atomic E-state index is 12.3. The van der Waals surface area contributed by atoms with Gasteiger partial charge in [0.15, 0.2) is 0 Å². The van der Waals surface area contributed by atoms with Crippen molar-refractivity contribution in [1.82, 2.24) is 4.90 Å². The second-order valence-electron chi connectivity index (χ2n) is 5.58. The number of carbonyl (C=O) groups is 1. The van der Waals surface area contributed by atoms with E-state index in [-0.39, 0.29) is 11.9 Å². The van der Waals surface area contributed by atoms with Gasteiger partial charge in [0.05, 0.1) is 6.04 Å². The van der Waals surface area contributed by atoms with Crippen LogP contribution in [0.2, 0.25) is 0 Å². The van der Waals surface area contributed by atoms with E-state index in [1.54, 1.807) is 0 Å². The van der Waals surface area contributed by atoms with Crippen LogP contribution in [0.3, 0.4) is 0 Å². The third kappa shape index (κ3) is 5.03. The molecule has 2 N–H and O–H groups in total. The third-order valence-electron chi connectivity index (χ3n) is 3.19. The molecule has 1 aromatic rings. The van der Waals surface area contributed by atoms with Crippen molar-refractivity contribution in [2.24, 2.45) is 11.7 Å². The minimum Gasteiger partial charge on any atom is -0.337 e.